The van der Waals surface area contributed by atoms with Crippen molar-refractivity contribution in [3.05, 3.63) is 24.4 Å². The number of nitrogens with zero attached hydrogens (tertiary/aromatic N) is 2. The maximum absolute atomic E-state index is 6.16. The highest BCUT2D eigenvalue weighted by molar-refractivity contribution is 6.62. The normalized spacial score (nSPS) is 27.1. The van der Waals surface area contributed by atoms with Gasteiger partial charge in [-0.05, 0) is 70.8 Å². The van der Waals surface area contributed by atoms with E-state index >= 15 is 0 Å². The van der Waals surface area contributed by atoms with Gasteiger partial charge in [0, 0.05) is 17.6 Å². The Hall–Kier alpha value is -1.66. The molecule has 0 atom stereocenters. The van der Waals surface area contributed by atoms with Crippen molar-refractivity contribution in [1.29, 1.82) is 0 Å². The van der Waals surface area contributed by atoms with Crippen LogP contribution in [0, 0.1) is 5.92 Å². The highest BCUT2D eigenvalue weighted by atomic mass is 16.7. The second-order valence-electron chi connectivity index (χ2n) is 9.20. The predicted molar refractivity (Wildman–Crippen MR) is 110 cm³/mol. The van der Waals surface area contributed by atoms with Gasteiger partial charge in [0.15, 0.2) is 0 Å². The van der Waals surface area contributed by atoms with E-state index in [0.29, 0.717) is 6.04 Å². The molecule has 2 aliphatic rings. The molecule has 0 bridgehead atoms. The average Bonchev–Trinajstić information content (AvgIpc) is 2.84. The summed E-state index contributed by atoms with van der Waals surface area (Å²) in [5.74, 6) is 1.57. The smallest absolute Gasteiger partial charge is 0.399 e. The van der Waals surface area contributed by atoms with Crippen molar-refractivity contribution in [3.8, 4) is 0 Å². The second kappa shape index (κ2) is 6.75. The van der Waals surface area contributed by atoms with Crippen LogP contribution in [0.15, 0.2) is 24.4 Å². The molecule has 0 radical (unpaired) electrons. The maximum Gasteiger partial charge on any atom is 0.494 e. The molecule has 1 aromatic heterocycles. The monoisotopic (exact) mass is 367 g/mol. The minimum atomic E-state index is -0.360. The molecular formula is C21H30BN3O2. The summed E-state index contributed by atoms with van der Waals surface area (Å²) in [7, 11) is -0.360. The minimum Gasteiger partial charge on any atom is -0.399 e. The molecule has 1 aliphatic carbocycles. The lowest BCUT2D eigenvalue weighted by molar-refractivity contribution is 0.00578. The Bertz CT molecular complexity index is 815. The Morgan fingerprint density at radius 1 is 1.04 bits per heavy atom. The van der Waals surface area contributed by atoms with Crippen molar-refractivity contribution >= 4 is 29.4 Å². The van der Waals surface area contributed by atoms with Gasteiger partial charge >= 0.3 is 7.12 Å². The molecule has 2 aromatic rings. The summed E-state index contributed by atoms with van der Waals surface area (Å²) in [4.78, 5) is 9.25. The van der Waals surface area contributed by atoms with Crippen LogP contribution in [0.5, 0.6) is 0 Å². The third-order valence-electron chi connectivity index (χ3n) is 6.48. The zero-order valence-corrected chi connectivity index (χ0v) is 17.1. The number of hydrogen-bond acceptors (Lipinski definition) is 5. The Balaban J connectivity index is 1.51. The first kappa shape index (κ1) is 18.7. The molecule has 1 aliphatic heterocycles. The molecule has 6 heteroatoms. The Kier molecular flexibility index (Phi) is 4.67. The molecule has 0 unspecified atom stereocenters. The van der Waals surface area contributed by atoms with E-state index in [1.807, 2.05) is 18.3 Å². The van der Waals surface area contributed by atoms with Gasteiger partial charge in [0.2, 0.25) is 5.95 Å². The van der Waals surface area contributed by atoms with Gasteiger partial charge in [-0.2, -0.15) is 0 Å². The summed E-state index contributed by atoms with van der Waals surface area (Å²) < 4.78 is 12.3. The van der Waals surface area contributed by atoms with E-state index in [1.54, 1.807) is 0 Å². The van der Waals surface area contributed by atoms with Gasteiger partial charge in [-0.25, -0.2) is 9.97 Å². The number of aromatic nitrogens is 2. The minimum absolute atomic E-state index is 0.339. The Morgan fingerprint density at radius 3 is 2.37 bits per heavy atom. The highest BCUT2D eigenvalue weighted by Crippen LogP contribution is 2.36. The van der Waals surface area contributed by atoms with Gasteiger partial charge in [0.25, 0.3) is 0 Å². The number of anilines is 1. The molecule has 2 heterocycles. The van der Waals surface area contributed by atoms with Crippen LogP contribution in [0.4, 0.5) is 5.95 Å². The van der Waals surface area contributed by atoms with Crippen LogP contribution >= 0.6 is 0 Å². The van der Waals surface area contributed by atoms with Crippen LogP contribution in [-0.2, 0) is 9.31 Å². The van der Waals surface area contributed by atoms with E-state index < -0.39 is 0 Å². The van der Waals surface area contributed by atoms with Gasteiger partial charge in [-0.15, -0.1) is 0 Å². The molecule has 2 fully saturated rings. The summed E-state index contributed by atoms with van der Waals surface area (Å²) in [6, 6.07) is 6.64. The predicted octanol–water partition coefficient (Wildman–Crippen LogP) is 3.92. The molecule has 1 saturated heterocycles. The fourth-order valence-electron chi connectivity index (χ4n) is 3.83. The van der Waals surface area contributed by atoms with E-state index in [4.69, 9.17) is 14.3 Å². The van der Waals surface area contributed by atoms with Crippen LogP contribution in [0.2, 0.25) is 0 Å². The number of hydrogen-bond donors (Lipinski definition) is 1. The molecule has 144 valence electrons. The van der Waals surface area contributed by atoms with E-state index in [9.17, 15) is 0 Å². The van der Waals surface area contributed by atoms with Gasteiger partial charge in [-0.3, -0.25) is 0 Å². The Morgan fingerprint density at radius 2 is 1.70 bits per heavy atom. The Labute approximate surface area is 162 Å². The standard InChI is InChI=1S/C21H30BN3O2/c1-14-6-9-17(10-7-14)24-19-23-13-15-12-16(8-11-18(15)25-19)22-26-20(2,3)21(4,5)27-22/h8,11-14,17H,6-7,9-10H2,1-5H3,(H,23,24,25). The van der Waals surface area contributed by atoms with E-state index in [1.165, 1.54) is 25.7 Å². The summed E-state index contributed by atoms with van der Waals surface area (Å²) in [5.41, 5.74) is 1.27. The van der Waals surface area contributed by atoms with Crippen molar-refractivity contribution in [2.75, 3.05) is 5.32 Å². The molecule has 5 nitrogen and oxygen atoms in total. The first-order valence-corrected chi connectivity index (χ1v) is 10.1. The van der Waals surface area contributed by atoms with E-state index in [-0.39, 0.29) is 18.3 Å². The van der Waals surface area contributed by atoms with Crippen LogP contribution in [0.25, 0.3) is 10.9 Å². The summed E-state index contributed by atoms with van der Waals surface area (Å²) in [5, 5.41) is 4.52. The summed E-state index contributed by atoms with van der Waals surface area (Å²) in [6.07, 6.45) is 6.85. The lowest BCUT2D eigenvalue weighted by atomic mass is 9.78. The third kappa shape index (κ3) is 3.70. The quantitative estimate of drug-likeness (QED) is 0.834. The van der Waals surface area contributed by atoms with E-state index in [0.717, 1.165) is 28.2 Å². The molecule has 0 spiro atoms. The molecule has 4 rings (SSSR count). The average molecular weight is 367 g/mol. The zero-order valence-electron chi connectivity index (χ0n) is 17.1. The maximum atomic E-state index is 6.16. The number of fused-ring (bicyclic) bond motifs is 1. The number of nitrogens with one attached hydrogen (secondary N) is 1. The van der Waals surface area contributed by atoms with Crippen molar-refractivity contribution < 1.29 is 9.31 Å². The van der Waals surface area contributed by atoms with E-state index in [2.05, 4.69) is 51.0 Å². The second-order valence-corrected chi connectivity index (χ2v) is 9.20. The SMILES string of the molecule is CC1CCC(Nc2ncc3cc(B4OC(C)(C)C(C)(C)O4)ccc3n2)CC1. The van der Waals surface area contributed by atoms with Gasteiger partial charge in [0.05, 0.1) is 16.7 Å². The van der Waals surface area contributed by atoms with Gasteiger partial charge < -0.3 is 14.6 Å². The summed E-state index contributed by atoms with van der Waals surface area (Å²) >= 11 is 0. The van der Waals surface area contributed by atoms with Crippen LogP contribution < -0.4 is 10.8 Å². The molecule has 1 aromatic carbocycles. The van der Waals surface area contributed by atoms with Crippen LogP contribution in [0.1, 0.15) is 60.3 Å². The zero-order chi connectivity index (χ0) is 19.2. The van der Waals surface area contributed by atoms with Crippen molar-refractivity contribution in [3.63, 3.8) is 0 Å². The van der Waals surface area contributed by atoms with Crippen LogP contribution in [-0.4, -0.2) is 34.3 Å². The van der Waals surface area contributed by atoms with Crippen molar-refractivity contribution in [1.82, 2.24) is 9.97 Å². The number of benzene rings is 1. The third-order valence-corrected chi connectivity index (χ3v) is 6.48. The van der Waals surface area contributed by atoms with Crippen molar-refractivity contribution in [2.24, 2.45) is 5.92 Å². The largest absolute Gasteiger partial charge is 0.494 e. The van der Waals surface area contributed by atoms with Crippen molar-refractivity contribution in [2.45, 2.75) is 77.5 Å². The molecule has 1 N–H and O–H groups in total. The van der Waals surface area contributed by atoms with Crippen LogP contribution in [0.3, 0.4) is 0 Å². The molecule has 0 amide bonds. The lowest BCUT2D eigenvalue weighted by Crippen LogP contribution is -2.41. The van der Waals surface area contributed by atoms with Gasteiger partial charge in [-0.1, -0.05) is 19.1 Å². The highest BCUT2D eigenvalue weighted by Gasteiger charge is 2.51. The first-order valence-electron chi connectivity index (χ1n) is 10.1. The number of rotatable bonds is 3. The molecular weight excluding hydrogens is 337 g/mol. The molecule has 27 heavy (non-hydrogen) atoms. The summed E-state index contributed by atoms with van der Waals surface area (Å²) in [6.45, 7) is 10.6. The first-order chi connectivity index (χ1) is 12.7. The molecule has 1 saturated carbocycles. The fourth-order valence-corrected chi connectivity index (χ4v) is 3.83. The topological polar surface area (TPSA) is 56.3 Å². The lowest BCUT2D eigenvalue weighted by Gasteiger charge is -2.32. The van der Waals surface area contributed by atoms with Gasteiger partial charge in [0.1, 0.15) is 0 Å². The fraction of sp³-hybridized carbons (Fsp3) is 0.619.